The molecule has 0 fully saturated rings. The number of rotatable bonds is 10. The predicted octanol–water partition coefficient (Wildman–Crippen LogP) is 35.6. The smallest absolute Gasteiger partial charge is 0.161 e. The van der Waals surface area contributed by atoms with Crippen LogP contribution in [0.3, 0.4) is 0 Å². The van der Waals surface area contributed by atoms with Crippen LogP contribution < -0.4 is 0 Å². The Morgan fingerprint density at radius 3 is 0.881 bits per heavy atom. The second-order valence-electron chi connectivity index (χ2n) is 37.4. The lowest BCUT2D eigenvalue weighted by atomic mass is 9.81. The lowest BCUT2D eigenvalue weighted by molar-refractivity contribution is 0.664. The summed E-state index contributed by atoms with van der Waals surface area (Å²) in [6.45, 7) is 4.75. The van der Waals surface area contributed by atoms with Crippen LogP contribution in [0.1, 0.15) is 25.0 Å². The number of hydrogen-bond donors (Lipinski definition) is 0. The molecule has 0 saturated heterocycles. The summed E-state index contributed by atoms with van der Waals surface area (Å²) < 4.78 is 16.1. The maximum atomic E-state index is 5.25. The Morgan fingerprint density at radius 2 is 0.483 bits per heavy atom. The SMILES string of the molecule is CC1(C)c2ccccc2-c2ccc3c4ccccc4n(-c4ccc(-c5nc(-c6ccccc6)nc6sc7ccccc7c56)cc4)c3c21.c1ccc(-c2nc(-c3ccc(-n4c5ccccc5c5ccc6c7ccccc7n(-c7ccccc7)c6c54)cc3)c3c(n2)sc2ccccc23)cc1.c1ccc(-c2nc(-c3ccc(-n4c5ccccc5c5ccc6c7ccccc7sc6c54)cc3)c3c(n2)sc2ccccc23)cc1. The van der Waals surface area contributed by atoms with E-state index in [9.17, 15) is 0 Å². The van der Waals surface area contributed by atoms with E-state index >= 15 is 0 Å². The number of hydrogen-bond acceptors (Lipinski definition) is 10. The molecule has 10 nitrogen and oxygen atoms in total. The molecule has 1 aliphatic carbocycles. The Kier molecular flexibility index (Phi) is 19.0. The van der Waals surface area contributed by atoms with Gasteiger partial charge in [0, 0.05) is 167 Å². The predicted molar refractivity (Wildman–Crippen MR) is 605 cm³/mol. The fourth-order valence-corrected chi connectivity index (χ4v) is 27.1. The maximum Gasteiger partial charge on any atom is 0.161 e. The summed E-state index contributed by atoms with van der Waals surface area (Å²) >= 11 is 7.08. The number of aromatic nitrogens is 10. The van der Waals surface area contributed by atoms with E-state index < -0.39 is 0 Å². The molecule has 0 atom stereocenters. The molecule has 19 aromatic carbocycles. The van der Waals surface area contributed by atoms with Crippen molar-refractivity contribution >= 4 is 214 Å². The second kappa shape index (κ2) is 32.8. The van der Waals surface area contributed by atoms with Crippen molar-refractivity contribution in [2.75, 3.05) is 0 Å². The third kappa shape index (κ3) is 13.0. The largest absolute Gasteiger partial charge is 0.309 e. The van der Waals surface area contributed by atoms with E-state index in [0.717, 1.165) is 121 Å². The van der Waals surface area contributed by atoms with E-state index in [1.807, 2.05) is 65.9 Å². The van der Waals surface area contributed by atoms with Gasteiger partial charge < -0.3 is 18.3 Å². The fraction of sp³-hybridized carbons (Fsp3) is 0.0233. The van der Waals surface area contributed by atoms with Gasteiger partial charge in [-0.25, -0.2) is 29.9 Å². The lowest BCUT2D eigenvalue weighted by Gasteiger charge is -2.23. The summed E-state index contributed by atoms with van der Waals surface area (Å²) in [6, 6.07) is 161. The third-order valence-corrected chi connectivity index (χ3v) is 33.4. The normalized spacial score (nSPS) is 12.5. The average Bonchev–Trinajstić information content (AvgIpc) is 1.51. The lowest BCUT2D eigenvalue weighted by Crippen LogP contribution is -2.16. The van der Waals surface area contributed by atoms with Gasteiger partial charge in [0.05, 0.1) is 65.9 Å². The quantitative estimate of drug-likeness (QED) is 0.135. The van der Waals surface area contributed by atoms with Crippen molar-refractivity contribution in [2.45, 2.75) is 19.3 Å². The second-order valence-corrected chi connectivity index (χ2v) is 41.5. The zero-order valence-corrected chi connectivity index (χ0v) is 80.6. The minimum atomic E-state index is -0.127. The highest BCUT2D eigenvalue weighted by Gasteiger charge is 2.39. The molecule has 30 aromatic rings. The zero-order valence-electron chi connectivity index (χ0n) is 77.3. The van der Waals surface area contributed by atoms with Crippen LogP contribution in [-0.2, 0) is 5.41 Å². The summed E-state index contributed by atoms with van der Waals surface area (Å²) in [5.41, 5.74) is 28.8. The number of fused-ring (bicyclic) bond motifs is 30. The minimum absolute atomic E-state index is 0.127. The van der Waals surface area contributed by atoms with Crippen LogP contribution in [0.2, 0.25) is 0 Å². The summed E-state index contributed by atoms with van der Waals surface area (Å²) in [4.78, 5) is 33.9. The minimum Gasteiger partial charge on any atom is -0.309 e. The van der Waals surface area contributed by atoms with Gasteiger partial charge in [-0.2, -0.15) is 0 Å². The van der Waals surface area contributed by atoms with Gasteiger partial charge in [0.15, 0.2) is 17.5 Å². The summed E-state index contributed by atoms with van der Waals surface area (Å²) in [5, 5.41) is 19.6. The number of thiophene rings is 4. The first kappa shape index (κ1) is 82.6. The van der Waals surface area contributed by atoms with Crippen molar-refractivity contribution in [3.05, 3.63) is 460 Å². The van der Waals surface area contributed by atoms with Crippen molar-refractivity contribution in [3.63, 3.8) is 0 Å². The zero-order chi connectivity index (χ0) is 94.2. The third-order valence-electron chi connectivity index (χ3n) is 29.0. The fourth-order valence-electron chi connectivity index (χ4n) is 22.6. The molecule has 14 heteroatoms. The van der Waals surface area contributed by atoms with Crippen LogP contribution in [0.15, 0.2) is 449 Å². The molecule has 0 saturated carbocycles. The molecule has 0 spiro atoms. The van der Waals surface area contributed by atoms with Gasteiger partial charge in [0.2, 0.25) is 0 Å². The maximum absolute atomic E-state index is 5.25. The molecule has 0 bridgehead atoms. The molecule has 0 unspecified atom stereocenters. The molecule has 11 heterocycles. The number of para-hydroxylation sites is 5. The summed E-state index contributed by atoms with van der Waals surface area (Å²) in [7, 11) is 0. The van der Waals surface area contributed by atoms with Gasteiger partial charge in [0.25, 0.3) is 0 Å². The Morgan fingerprint density at radius 1 is 0.196 bits per heavy atom. The molecule has 0 aliphatic heterocycles. The Labute approximate surface area is 836 Å². The van der Waals surface area contributed by atoms with Crippen molar-refractivity contribution in [1.29, 1.82) is 0 Å². The van der Waals surface area contributed by atoms with Gasteiger partial charge in [-0.3, -0.25) is 0 Å². The highest BCUT2D eigenvalue weighted by molar-refractivity contribution is 7.27. The van der Waals surface area contributed by atoms with E-state index in [-0.39, 0.29) is 5.41 Å². The monoisotopic (exact) mass is 1900 g/mol. The number of nitrogens with zero attached hydrogens (tertiary/aromatic N) is 10. The molecule has 0 radical (unpaired) electrons. The highest BCUT2D eigenvalue weighted by atomic mass is 32.1. The van der Waals surface area contributed by atoms with Crippen LogP contribution in [0.4, 0.5) is 0 Å². The Balaban J connectivity index is 0.000000102. The van der Waals surface area contributed by atoms with E-state index in [2.05, 4.69) is 426 Å². The van der Waals surface area contributed by atoms with Gasteiger partial charge >= 0.3 is 0 Å². The first-order valence-electron chi connectivity index (χ1n) is 48.3. The summed E-state index contributed by atoms with van der Waals surface area (Å²) in [6.07, 6.45) is 0. The molecular formula is C129H80N10S4. The van der Waals surface area contributed by atoms with Gasteiger partial charge in [-0.05, 0) is 119 Å². The van der Waals surface area contributed by atoms with Crippen molar-refractivity contribution in [1.82, 2.24) is 48.2 Å². The number of benzene rings is 19. The molecule has 143 heavy (non-hydrogen) atoms. The molecule has 0 N–H and O–H groups in total. The molecule has 0 amide bonds. The van der Waals surface area contributed by atoms with Gasteiger partial charge in [-0.15, -0.1) is 45.3 Å². The Hall–Kier alpha value is -17.5. The average molecular weight is 1900 g/mol. The highest BCUT2D eigenvalue weighted by Crippen LogP contribution is 2.55. The van der Waals surface area contributed by atoms with Crippen molar-refractivity contribution < 1.29 is 0 Å². The molecule has 1 aliphatic rings. The van der Waals surface area contributed by atoms with Crippen LogP contribution in [0, 0.1) is 0 Å². The van der Waals surface area contributed by atoms with Crippen LogP contribution in [0.5, 0.6) is 0 Å². The Bertz CT molecular complexity index is 10400. The summed E-state index contributed by atoms with van der Waals surface area (Å²) in [5.74, 6) is 2.25. The van der Waals surface area contributed by atoms with Crippen LogP contribution in [-0.4, -0.2) is 48.2 Å². The van der Waals surface area contributed by atoms with Crippen LogP contribution >= 0.6 is 45.3 Å². The van der Waals surface area contributed by atoms with E-state index in [1.54, 1.807) is 34.0 Å². The first-order chi connectivity index (χ1) is 70.7. The van der Waals surface area contributed by atoms with Gasteiger partial charge in [-0.1, -0.05) is 366 Å². The van der Waals surface area contributed by atoms with Gasteiger partial charge in [0.1, 0.15) is 14.5 Å². The van der Waals surface area contributed by atoms with Crippen molar-refractivity contribution in [3.8, 4) is 102 Å². The molecule has 31 rings (SSSR count). The van der Waals surface area contributed by atoms with E-state index in [1.165, 1.54) is 160 Å². The first-order valence-corrected chi connectivity index (χ1v) is 51.6. The van der Waals surface area contributed by atoms with Crippen molar-refractivity contribution in [2.24, 2.45) is 0 Å². The van der Waals surface area contributed by atoms with Crippen LogP contribution in [0.25, 0.3) is 270 Å². The van der Waals surface area contributed by atoms with E-state index in [4.69, 9.17) is 29.9 Å². The standard InChI is InChI=1S/C46H28N4S.C43H29N3S.C40H23N3S2/c1-3-13-30(14-4-1)45-47-42(41-37-19-9-12-22-40(37)51-46(41)48-45)29-23-25-32(26-24-29)50-39-21-11-8-18-34(39)36-28-27-35-33-17-7-10-20-38(33)49(43(35)44(36)50)31-15-5-2-6-16-31;1-43(2)34-17-9-6-14-29(34)31-24-25-32-30-15-7-10-18-35(30)46(40(32)38(31)43)28-22-20-26(21-23-28)39-37-33-16-8-11-19-36(33)47-42(37)45-41(44-39)27-12-4-3-5-13-27;1-2-10-25(11-3-1)39-41-36(35-31-14-6-9-17-34(31)45-40(35)42-39)24-18-20-26(21-19-24)43-32-15-7-4-12-27(32)29-22-23-30-28-13-5-8-16-33(28)44-38(30)37(29)43/h1-28H;3-25H,1-2H3;1-23H. The molecule has 670 valence electrons. The topological polar surface area (TPSA) is 97.1 Å². The molecule has 11 aromatic heterocycles. The molecular weight excluding hydrogens is 1820 g/mol. The van der Waals surface area contributed by atoms with E-state index in [0.29, 0.717) is 0 Å².